The number of aryl methyl sites for hydroxylation is 1. The summed E-state index contributed by atoms with van der Waals surface area (Å²) in [6.45, 7) is 7.58. The maximum atomic E-state index is 13.6. The number of hydrogen-bond donors (Lipinski definition) is 1. The second-order valence-corrected chi connectivity index (χ2v) is 12.4. The summed E-state index contributed by atoms with van der Waals surface area (Å²) < 4.78 is 15.4. The van der Waals surface area contributed by atoms with Crippen LogP contribution in [0, 0.1) is 5.92 Å². The summed E-state index contributed by atoms with van der Waals surface area (Å²) in [5.74, 6) is 2.35. The highest BCUT2D eigenvalue weighted by Crippen LogP contribution is 2.37. The molecule has 9 nitrogen and oxygen atoms in total. The minimum Gasteiger partial charge on any atom is -0.497 e. The van der Waals surface area contributed by atoms with Crippen LogP contribution < -0.4 is 10.1 Å². The predicted octanol–water partition coefficient (Wildman–Crippen LogP) is 5.74. The van der Waals surface area contributed by atoms with Gasteiger partial charge in [-0.25, -0.2) is 9.78 Å². The summed E-state index contributed by atoms with van der Waals surface area (Å²) in [4.78, 5) is 32.7. The third-order valence-corrected chi connectivity index (χ3v) is 8.04. The van der Waals surface area contributed by atoms with Gasteiger partial charge in [0.25, 0.3) is 5.91 Å². The summed E-state index contributed by atoms with van der Waals surface area (Å²) in [5.41, 5.74) is 4.01. The molecule has 1 unspecified atom stereocenters. The van der Waals surface area contributed by atoms with Crippen molar-refractivity contribution >= 4 is 33.9 Å². The molecule has 1 saturated carbocycles. The molecular weight excluding hydrogens is 518 g/mol. The third kappa shape index (κ3) is 5.62. The number of carbonyl (C=O) groups is 2. The van der Waals surface area contributed by atoms with Crippen molar-refractivity contribution in [1.29, 1.82) is 0 Å². The fourth-order valence-corrected chi connectivity index (χ4v) is 5.80. The Balaban J connectivity index is 1.27. The summed E-state index contributed by atoms with van der Waals surface area (Å²) in [6.07, 6.45) is 3.69. The van der Waals surface area contributed by atoms with Gasteiger partial charge in [0, 0.05) is 49.7 Å². The van der Waals surface area contributed by atoms with Crippen molar-refractivity contribution < 1.29 is 19.1 Å². The largest absolute Gasteiger partial charge is 0.497 e. The van der Waals surface area contributed by atoms with Crippen LogP contribution in [0.15, 0.2) is 42.5 Å². The molecule has 216 valence electrons. The highest BCUT2D eigenvalue weighted by atomic mass is 16.6. The monoisotopic (exact) mass is 557 g/mol. The molecule has 6 rings (SSSR count). The van der Waals surface area contributed by atoms with Crippen molar-refractivity contribution in [2.45, 2.75) is 64.6 Å². The topological polar surface area (TPSA) is 90.6 Å². The van der Waals surface area contributed by atoms with Crippen molar-refractivity contribution in [3.05, 3.63) is 48.0 Å². The standard InChI is InChI=1S/C32H39N5O4/c1-32(2,3)41-31(39)33-23-7-6-14-36(19-23)30(38)22-11-13-26-25(15-22)34-29(35(26)4)28-16-21-10-12-24(40-5)17-27(21)37(28)18-20-8-9-20/h10-13,15-17,20,23H,6-9,14,18-19H2,1-5H3,(H,33,39). The lowest BCUT2D eigenvalue weighted by Gasteiger charge is -2.33. The molecule has 0 spiro atoms. The number of fused-ring (bicyclic) bond motifs is 2. The third-order valence-electron chi connectivity index (χ3n) is 8.04. The fraction of sp³-hybridized carbons (Fsp3) is 0.469. The minimum absolute atomic E-state index is 0.0512. The summed E-state index contributed by atoms with van der Waals surface area (Å²) in [7, 11) is 3.73. The minimum atomic E-state index is -0.565. The Hall–Kier alpha value is -4.01. The second kappa shape index (κ2) is 10.4. The number of methoxy groups -OCH3 is 1. The van der Waals surface area contributed by atoms with E-state index in [-0.39, 0.29) is 11.9 Å². The number of benzene rings is 2. The number of imidazole rings is 1. The van der Waals surface area contributed by atoms with Gasteiger partial charge < -0.3 is 28.8 Å². The van der Waals surface area contributed by atoms with Gasteiger partial charge in [0.2, 0.25) is 0 Å². The zero-order chi connectivity index (χ0) is 28.9. The number of rotatable bonds is 6. The number of nitrogens with one attached hydrogen (secondary N) is 1. The smallest absolute Gasteiger partial charge is 0.407 e. The first-order valence-corrected chi connectivity index (χ1v) is 14.5. The molecule has 9 heteroatoms. The SMILES string of the molecule is COc1ccc2cc(-c3nc4cc(C(=O)N5CCCC(NC(=O)OC(C)(C)C)C5)ccc4n3C)n(CC3CC3)c2c1. The van der Waals surface area contributed by atoms with E-state index in [0.717, 1.165) is 58.6 Å². The second-order valence-electron chi connectivity index (χ2n) is 12.4. The van der Waals surface area contributed by atoms with Gasteiger partial charge in [0.05, 0.1) is 29.4 Å². The number of likely N-dealkylation sites (tertiary alicyclic amines) is 1. The van der Waals surface area contributed by atoms with E-state index in [1.165, 1.54) is 12.8 Å². The van der Waals surface area contributed by atoms with E-state index in [0.29, 0.717) is 24.6 Å². The number of hydrogen-bond acceptors (Lipinski definition) is 5. The Morgan fingerprint density at radius 1 is 1.05 bits per heavy atom. The van der Waals surface area contributed by atoms with Crippen molar-refractivity contribution in [3.63, 3.8) is 0 Å². The van der Waals surface area contributed by atoms with Gasteiger partial charge in [-0.1, -0.05) is 0 Å². The average Bonchev–Trinajstić information content (AvgIpc) is 3.61. The van der Waals surface area contributed by atoms with Crippen LogP contribution in [0.5, 0.6) is 5.75 Å². The zero-order valence-electron chi connectivity index (χ0n) is 24.6. The lowest BCUT2D eigenvalue weighted by atomic mass is 10.0. The van der Waals surface area contributed by atoms with Gasteiger partial charge in [0.1, 0.15) is 11.4 Å². The van der Waals surface area contributed by atoms with E-state index in [1.807, 2.05) is 57.0 Å². The molecule has 2 aromatic carbocycles. The lowest BCUT2D eigenvalue weighted by molar-refractivity contribution is 0.0452. The Bertz CT molecular complexity index is 1620. The van der Waals surface area contributed by atoms with E-state index in [2.05, 4.69) is 32.7 Å². The number of amides is 2. The first-order valence-electron chi connectivity index (χ1n) is 14.5. The number of carbonyl (C=O) groups excluding carboxylic acids is 2. The molecule has 0 bridgehead atoms. The van der Waals surface area contributed by atoms with Crippen LogP contribution in [0.1, 0.15) is 56.8 Å². The predicted molar refractivity (Wildman–Crippen MR) is 159 cm³/mol. The van der Waals surface area contributed by atoms with Crippen molar-refractivity contribution in [1.82, 2.24) is 24.3 Å². The summed E-state index contributed by atoms with van der Waals surface area (Å²) in [6, 6.07) is 14.0. The number of ether oxygens (including phenoxy) is 2. The van der Waals surface area contributed by atoms with Gasteiger partial charge in [0.15, 0.2) is 5.82 Å². The molecule has 1 saturated heterocycles. The van der Waals surface area contributed by atoms with Gasteiger partial charge in [-0.15, -0.1) is 0 Å². The molecule has 2 aromatic heterocycles. The summed E-state index contributed by atoms with van der Waals surface area (Å²) in [5, 5.41) is 4.09. The van der Waals surface area contributed by atoms with Crippen LogP contribution >= 0.6 is 0 Å². The molecule has 2 fully saturated rings. The van der Waals surface area contributed by atoms with E-state index in [4.69, 9.17) is 14.5 Å². The normalized spacial score (nSPS) is 17.7. The highest BCUT2D eigenvalue weighted by molar-refractivity contribution is 5.98. The van der Waals surface area contributed by atoms with E-state index in [1.54, 1.807) is 7.11 Å². The van der Waals surface area contributed by atoms with Crippen molar-refractivity contribution in [2.24, 2.45) is 13.0 Å². The number of piperidine rings is 1. The Kier molecular flexibility index (Phi) is 6.91. The molecule has 1 atom stereocenters. The fourth-order valence-electron chi connectivity index (χ4n) is 5.80. The Labute approximate surface area is 240 Å². The number of aromatic nitrogens is 3. The first kappa shape index (κ1) is 27.2. The summed E-state index contributed by atoms with van der Waals surface area (Å²) >= 11 is 0. The molecule has 3 heterocycles. The van der Waals surface area contributed by atoms with Crippen LogP contribution in [0.25, 0.3) is 33.5 Å². The zero-order valence-corrected chi connectivity index (χ0v) is 24.6. The highest BCUT2D eigenvalue weighted by Gasteiger charge is 2.29. The maximum Gasteiger partial charge on any atom is 0.407 e. The molecule has 0 radical (unpaired) electrons. The van der Waals surface area contributed by atoms with Crippen molar-refractivity contribution in [3.8, 4) is 17.3 Å². The molecule has 1 aliphatic carbocycles. The van der Waals surface area contributed by atoms with Gasteiger partial charge in [-0.05, 0) is 88.8 Å². The van der Waals surface area contributed by atoms with Crippen molar-refractivity contribution in [2.75, 3.05) is 20.2 Å². The van der Waals surface area contributed by atoms with Crippen LogP contribution in [-0.4, -0.2) is 62.9 Å². The van der Waals surface area contributed by atoms with Crippen LogP contribution in [0.2, 0.25) is 0 Å². The van der Waals surface area contributed by atoms with Gasteiger partial charge in [-0.3, -0.25) is 4.79 Å². The maximum absolute atomic E-state index is 13.6. The van der Waals surface area contributed by atoms with Crippen LogP contribution in [0.3, 0.4) is 0 Å². The molecular formula is C32H39N5O4. The van der Waals surface area contributed by atoms with E-state index < -0.39 is 11.7 Å². The van der Waals surface area contributed by atoms with Crippen LogP contribution in [-0.2, 0) is 18.3 Å². The molecule has 2 aliphatic rings. The van der Waals surface area contributed by atoms with E-state index >= 15 is 0 Å². The van der Waals surface area contributed by atoms with Crippen LogP contribution in [0.4, 0.5) is 4.79 Å². The Morgan fingerprint density at radius 2 is 1.85 bits per heavy atom. The lowest BCUT2D eigenvalue weighted by Crippen LogP contribution is -2.50. The first-order chi connectivity index (χ1) is 19.6. The average molecular weight is 558 g/mol. The number of alkyl carbamates (subject to hydrolysis) is 1. The Morgan fingerprint density at radius 3 is 2.59 bits per heavy atom. The van der Waals surface area contributed by atoms with Gasteiger partial charge in [-0.2, -0.15) is 0 Å². The molecule has 4 aromatic rings. The van der Waals surface area contributed by atoms with E-state index in [9.17, 15) is 9.59 Å². The molecule has 2 amide bonds. The molecule has 41 heavy (non-hydrogen) atoms. The molecule has 1 aliphatic heterocycles. The molecule has 1 N–H and O–H groups in total. The van der Waals surface area contributed by atoms with Gasteiger partial charge >= 0.3 is 6.09 Å². The number of nitrogens with zero attached hydrogens (tertiary/aromatic N) is 4. The quantitative estimate of drug-likeness (QED) is 0.326.